The Balaban J connectivity index is 2.19. The van der Waals surface area contributed by atoms with E-state index in [4.69, 9.17) is 15.3 Å². The molecule has 0 aliphatic rings. The van der Waals surface area contributed by atoms with Crippen LogP contribution >= 0.6 is 0 Å². The van der Waals surface area contributed by atoms with E-state index in [0.717, 1.165) is 16.2 Å². The first-order valence-corrected chi connectivity index (χ1v) is 12.3. The summed E-state index contributed by atoms with van der Waals surface area (Å²) in [4.78, 5) is 43.4. The van der Waals surface area contributed by atoms with Crippen molar-refractivity contribution in [2.24, 2.45) is 5.73 Å². The second kappa shape index (κ2) is 16.4. The Morgan fingerprint density at radius 3 is 2.17 bits per heavy atom. The van der Waals surface area contributed by atoms with Crippen LogP contribution in [0.25, 0.3) is 0 Å². The number of hydroxylamine groups is 2. The molecule has 0 fully saturated rings. The number of nitrogens with zero attached hydrogens (tertiary/aromatic N) is 1. The Labute approximate surface area is 212 Å². The van der Waals surface area contributed by atoms with E-state index in [1.807, 2.05) is 60.7 Å². The predicted molar refractivity (Wildman–Crippen MR) is 136 cm³/mol. The first kappa shape index (κ1) is 29.0. The van der Waals surface area contributed by atoms with Crippen molar-refractivity contribution in [2.75, 3.05) is 19.7 Å². The van der Waals surface area contributed by atoms with Gasteiger partial charge in [0, 0.05) is 0 Å². The summed E-state index contributed by atoms with van der Waals surface area (Å²) in [6.45, 7) is 1.79. The van der Waals surface area contributed by atoms with E-state index in [1.165, 1.54) is 0 Å². The maximum Gasteiger partial charge on any atom is 0.325 e. The average Bonchev–Trinajstić information content (AvgIpc) is 2.88. The number of hydrogen-bond acceptors (Lipinski definition) is 7. The summed E-state index contributed by atoms with van der Waals surface area (Å²) in [5.74, 6) is -2.22. The molecule has 0 saturated carbocycles. The standard InChI is InChI=1S/C27H37N3O6/c1-2-35-27(34)24(17-16-21-11-5-3-6-12-21)29-23(15-9-10-18-28)26(33)30(19-25(31)32)36-20-22-13-7-4-8-14-22/h3-8,11-14,23-24,29H,2,9-10,15-20,28H2,1H3,(H,31,32)/t23-,24-/m0/s1. The molecule has 0 radical (unpaired) electrons. The van der Waals surface area contributed by atoms with Gasteiger partial charge in [-0.25, -0.2) is 5.06 Å². The van der Waals surface area contributed by atoms with Gasteiger partial charge in [0.25, 0.3) is 5.91 Å². The summed E-state index contributed by atoms with van der Waals surface area (Å²) < 4.78 is 5.26. The summed E-state index contributed by atoms with van der Waals surface area (Å²) in [5, 5.41) is 13.4. The number of nitrogens with two attached hydrogens (primary N) is 1. The predicted octanol–water partition coefficient (Wildman–Crippen LogP) is 2.68. The van der Waals surface area contributed by atoms with Crippen LogP contribution in [-0.2, 0) is 37.0 Å². The molecule has 2 atom stereocenters. The number of rotatable bonds is 17. The minimum atomic E-state index is -1.21. The zero-order valence-electron chi connectivity index (χ0n) is 20.8. The van der Waals surface area contributed by atoms with Crippen LogP contribution in [0.3, 0.4) is 0 Å². The summed E-state index contributed by atoms with van der Waals surface area (Å²) in [5.41, 5.74) is 7.48. The van der Waals surface area contributed by atoms with Gasteiger partial charge in [0.2, 0.25) is 0 Å². The molecule has 0 aliphatic heterocycles. The first-order chi connectivity index (χ1) is 17.4. The maximum atomic E-state index is 13.5. The highest BCUT2D eigenvalue weighted by Gasteiger charge is 2.31. The van der Waals surface area contributed by atoms with Gasteiger partial charge in [-0.15, -0.1) is 0 Å². The largest absolute Gasteiger partial charge is 0.480 e. The normalized spacial score (nSPS) is 12.5. The number of carbonyl (C=O) groups is 3. The van der Waals surface area contributed by atoms with E-state index in [1.54, 1.807) is 6.92 Å². The minimum absolute atomic E-state index is 0.0324. The third-order valence-corrected chi connectivity index (χ3v) is 5.54. The second-order valence-corrected chi connectivity index (χ2v) is 8.36. The molecule has 0 unspecified atom stereocenters. The first-order valence-electron chi connectivity index (χ1n) is 12.3. The number of carboxylic acid groups (broad SMARTS) is 1. The zero-order chi connectivity index (χ0) is 26.2. The molecule has 9 nitrogen and oxygen atoms in total. The van der Waals surface area contributed by atoms with Crippen molar-refractivity contribution in [1.29, 1.82) is 0 Å². The Morgan fingerprint density at radius 1 is 0.944 bits per heavy atom. The fourth-order valence-electron chi connectivity index (χ4n) is 3.69. The van der Waals surface area contributed by atoms with Crippen molar-refractivity contribution in [3.05, 3.63) is 71.8 Å². The Hall–Kier alpha value is -3.27. The van der Waals surface area contributed by atoms with Crippen molar-refractivity contribution in [1.82, 2.24) is 10.4 Å². The number of carbonyl (C=O) groups excluding carboxylic acids is 2. The number of esters is 1. The third-order valence-electron chi connectivity index (χ3n) is 5.54. The Kier molecular flexibility index (Phi) is 13.2. The van der Waals surface area contributed by atoms with Gasteiger partial charge in [0.05, 0.1) is 12.6 Å². The van der Waals surface area contributed by atoms with Gasteiger partial charge in [0.15, 0.2) is 0 Å². The number of ether oxygens (including phenoxy) is 1. The maximum absolute atomic E-state index is 13.5. The Bertz CT molecular complexity index is 926. The van der Waals surface area contributed by atoms with Crippen molar-refractivity contribution >= 4 is 17.8 Å². The molecule has 0 aliphatic carbocycles. The van der Waals surface area contributed by atoms with E-state index in [2.05, 4.69) is 5.32 Å². The van der Waals surface area contributed by atoms with Crippen molar-refractivity contribution < 1.29 is 29.1 Å². The number of amides is 1. The summed E-state index contributed by atoms with van der Waals surface area (Å²) in [7, 11) is 0. The lowest BCUT2D eigenvalue weighted by molar-refractivity contribution is -0.199. The van der Waals surface area contributed by atoms with E-state index in [-0.39, 0.29) is 13.2 Å². The lowest BCUT2D eigenvalue weighted by Crippen LogP contribution is -2.53. The number of unbranched alkanes of at least 4 members (excludes halogenated alkanes) is 1. The number of nitrogens with one attached hydrogen (secondary N) is 1. The van der Waals surface area contributed by atoms with Crippen molar-refractivity contribution in [3.8, 4) is 0 Å². The van der Waals surface area contributed by atoms with Crippen molar-refractivity contribution in [3.63, 3.8) is 0 Å². The summed E-state index contributed by atoms with van der Waals surface area (Å²) in [6.07, 6.45) is 2.68. The number of benzene rings is 2. The number of aliphatic carboxylic acids is 1. The molecule has 36 heavy (non-hydrogen) atoms. The van der Waals surface area contributed by atoms with E-state index in [0.29, 0.717) is 38.6 Å². The van der Waals surface area contributed by atoms with Crippen LogP contribution in [0, 0.1) is 0 Å². The SMILES string of the molecule is CCOC(=O)[C@H](CCc1ccccc1)N[C@@H](CCCCN)C(=O)N(CC(=O)O)OCc1ccccc1. The van der Waals surface area contributed by atoms with E-state index in [9.17, 15) is 19.5 Å². The van der Waals surface area contributed by atoms with Crippen LogP contribution in [0.4, 0.5) is 0 Å². The molecule has 196 valence electrons. The molecule has 2 aromatic carbocycles. The fourth-order valence-corrected chi connectivity index (χ4v) is 3.69. The van der Waals surface area contributed by atoms with Crippen LogP contribution in [0.2, 0.25) is 0 Å². The van der Waals surface area contributed by atoms with Crippen LogP contribution in [0.1, 0.15) is 43.7 Å². The highest BCUT2D eigenvalue weighted by molar-refractivity contribution is 5.85. The molecule has 2 rings (SSSR count). The van der Waals surface area contributed by atoms with Gasteiger partial charge >= 0.3 is 11.9 Å². The smallest absolute Gasteiger partial charge is 0.325 e. The quantitative estimate of drug-likeness (QED) is 0.172. The van der Waals surface area contributed by atoms with Crippen LogP contribution < -0.4 is 11.1 Å². The number of carboxylic acids is 1. The van der Waals surface area contributed by atoms with Gasteiger partial charge in [-0.2, -0.15) is 0 Å². The molecule has 2 aromatic rings. The molecule has 4 N–H and O–H groups in total. The average molecular weight is 500 g/mol. The topological polar surface area (TPSA) is 131 Å². The second-order valence-electron chi connectivity index (χ2n) is 8.36. The number of aryl methyl sites for hydroxylation is 1. The van der Waals surface area contributed by atoms with Gasteiger partial charge in [-0.1, -0.05) is 67.1 Å². The van der Waals surface area contributed by atoms with Gasteiger partial charge in [-0.05, 0) is 50.3 Å². The lowest BCUT2D eigenvalue weighted by Gasteiger charge is -2.29. The van der Waals surface area contributed by atoms with Crippen LogP contribution in [0.5, 0.6) is 0 Å². The Morgan fingerprint density at radius 2 is 1.58 bits per heavy atom. The zero-order valence-corrected chi connectivity index (χ0v) is 20.8. The molecule has 0 aromatic heterocycles. The molecule has 0 heterocycles. The highest BCUT2D eigenvalue weighted by atomic mass is 16.7. The molecule has 1 amide bonds. The van der Waals surface area contributed by atoms with Crippen molar-refractivity contribution in [2.45, 2.75) is 57.7 Å². The fraction of sp³-hybridized carbons (Fsp3) is 0.444. The monoisotopic (exact) mass is 499 g/mol. The van der Waals surface area contributed by atoms with Gasteiger partial charge in [-0.3, -0.25) is 24.5 Å². The molecule has 0 spiro atoms. The van der Waals surface area contributed by atoms with Crippen LogP contribution in [-0.4, -0.2) is 59.8 Å². The van der Waals surface area contributed by atoms with Gasteiger partial charge < -0.3 is 15.6 Å². The molecule has 9 heteroatoms. The van der Waals surface area contributed by atoms with E-state index < -0.39 is 36.5 Å². The number of hydrogen-bond donors (Lipinski definition) is 3. The summed E-state index contributed by atoms with van der Waals surface area (Å²) >= 11 is 0. The van der Waals surface area contributed by atoms with E-state index >= 15 is 0 Å². The minimum Gasteiger partial charge on any atom is -0.480 e. The highest BCUT2D eigenvalue weighted by Crippen LogP contribution is 2.13. The van der Waals surface area contributed by atoms with Crippen LogP contribution in [0.15, 0.2) is 60.7 Å². The molecular formula is C27H37N3O6. The summed E-state index contributed by atoms with van der Waals surface area (Å²) in [6, 6.07) is 17.3. The molecule has 0 bridgehead atoms. The molecular weight excluding hydrogens is 462 g/mol. The lowest BCUT2D eigenvalue weighted by atomic mass is 10.0. The third kappa shape index (κ3) is 10.6. The molecule has 0 saturated heterocycles. The van der Waals surface area contributed by atoms with Gasteiger partial charge in [0.1, 0.15) is 19.2 Å².